The fraction of sp³-hybridized carbons (Fsp3) is 0.625. The summed E-state index contributed by atoms with van der Waals surface area (Å²) >= 11 is 0. The van der Waals surface area contributed by atoms with Crippen LogP contribution in [0.2, 0.25) is 0 Å². The van der Waals surface area contributed by atoms with E-state index in [1.807, 2.05) is 0 Å². The summed E-state index contributed by atoms with van der Waals surface area (Å²) in [6, 6.07) is 5.12. The quantitative estimate of drug-likeness (QED) is 0.527. The van der Waals surface area contributed by atoms with E-state index in [1.54, 1.807) is 19.2 Å². The van der Waals surface area contributed by atoms with Gasteiger partial charge in [0.1, 0.15) is 5.82 Å². The first-order chi connectivity index (χ1) is 15.7. The highest BCUT2D eigenvalue weighted by atomic mass is 19.1. The zero-order chi connectivity index (χ0) is 22.3. The molecule has 32 heavy (non-hydrogen) atoms. The Bertz CT molecular complexity index is 889. The van der Waals surface area contributed by atoms with Crippen molar-refractivity contribution in [2.45, 2.75) is 69.7 Å². The molecular formula is C24H34FN5O2. The molecule has 0 bridgehead atoms. The fourth-order valence-corrected chi connectivity index (χ4v) is 4.95. The third kappa shape index (κ3) is 5.65. The van der Waals surface area contributed by atoms with Gasteiger partial charge in [-0.3, -0.25) is 0 Å². The molecule has 2 aliphatic rings. The number of aromatic nitrogens is 3. The van der Waals surface area contributed by atoms with Crippen molar-refractivity contribution >= 4 is 17.6 Å². The number of benzene rings is 1. The summed E-state index contributed by atoms with van der Waals surface area (Å²) in [5.74, 6) is 2.23. The first-order valence-corrected chi connectivity index (χ1v) is 11.8. The topological polar surface area (TPSA) is 81.2 Å². The molecule has 8 heteroatoms. The second-order valence-electron chi connectivity index (χ2n) is 8.90. The van der Waals surface area contributed by atoms with Crippen LogP contribution in [0.25, 0.3) is 0 Å². The van der Waals surface area contributed by atoms with Gasteiger partial charge in [0.05, 0.1) is 7.11 Å². The average Bonchev–Trinajstić information content (AvgIpc) is 3.09. The Morgan fingerprint density at radius 3 is 2.44 bits per heavy atom. The largest absolute Gasteiger partial charge is 0.494 e. The summed E-state index contributed by atoms with van der Waals surface area (Å²) in [5.41, 5.74) is 0.570. The standard InChI is InChI=1S/C24H34FN5O2/c1-31-15-16-8-7-11-19(16)22-28-23(26-17-9-5-3-4-6-10-17)30-24(29-22)27-18-12-13-21(32-2)20(25)14-18/h12-14,16-17,19H,3-11,15H2,1-2H3,(H2,26,27,28,29,30). The lowest BCUT2D eigenvalue weighted by molar-refractivity contribution is 0.146. The van der Waals surface area contributed by atoms with Gasteiger partial charge in [-0.05, 0) is 43.7 Å². The van der Waals surface area contributed by atoms with Crippen molar-refractivity contribution < 1.29 is 13.9 Å². The zero-order valence-electron chi connectivity index (χ0n) is 19.1. The molecule has 7 nitrogen and oxygen atoms in total. The van der Waals surface area contributed by atoms with Gasteiger partial charge < -0.3 is 20.1 Å². The van der Waals surface area contributed by atoms with E-state index >= 15 is 0 Å². The third-order valence-electron chi connectivity index (χ3n) is 6.62. The maximum Gasteiger partial charge on any atom is 0.232 e. The number of hydrogen-bond acceptors (Lipinski definition) is 7. The number of rotatable bonds is 8. The lowest BCUT2D eigenvalue weighted by atomic mass is 9.96. The van der Waals surface area contributed by atoms with Gasteiger partial charge in [-0.1, -0.05) is 32.1 Å². The van der Waals surface area contributed by atoms with Gasteiger partial charge in [0, 0.05) is 37.4 Å². The summed E-state index contributed by atoms with van der Waals surface area (Å²) in [6.07, 6.45) is 10.6. The third-order valence-corrected chi connectivity index (χ3v) is 6.62. The summed E-state index contributed by atoms with van der Waals surface area (Å²) in [7, 11) is 3.19. The van der Waals surface area contributed by atoms with Crippen molar-refractivity contribution in [1.82, 2.24) is 15.0 Å². The summed E-state index contributed by atoms with van der Waals surface area (Å²) < 4.78 is 24.7. The van der Waals surface area contributed by atoms with Crippen LogP contribution in [0, 0.1) is 11.7 Å². The molecule has 1 aromatic heterocycles. The summed E-state index contributed by atoms with van der Waals surface area (Å²) in [5, 5.41) is 6.73. The Hall–Kier alpha value is -2.48. The highest BCUT2D eigenvalue weighted by molar-refractivity contribution is 5.56. The van der Waals surface area contributed by atoms with Gasteiger partial charge >= 0.3 is 0 Å². The summed E-state index contributed by atoms with van der Waals surface area (Å²) in [4.78, 5) is 14.2. The molecule has 1 aromatic carbocycles. The second-order valence-corrected chi connectivity index (χ2v) is 8.90. The van der Waals surface area contributed by atoms with Gasteiger partial charge in [0.15, 0.2) is 11.6 Å². The SMILES string of the molecule is COCC1CCCC1c1nc(Nc2ccc(OC)c(F)c2)nc(NC2CCCCCC2)n1. The Labute approximate surface area is 189 Å². The molecule has 174 valence electrons. The van der Waals surface area contributed by atoms with E-state index in [0.29, 0.717) is 36.2 Å². The van der Waals surface area contributed by atoms with Crippen molar-refractivity contribution in [3.05, 3.63) is 29.8 Å². The van der Waals surface area contributed by atoms with Crippen LogP contribution in [0.15, 0.2) is 18.2 Å². The van der Waals surface area contributed by atoms with E-state index in [-0.39, 0.29) is 11.7 Å². The van der Waals surface area contributed by atoms with Gasteiger partial charge in [-0.15, -0.1) is 0 Å². The molecule has 0 amide bonds. The van der Waals surface area contributed by atoms with Crippen LogP contribution in [0.1, 0.15) is 69.5 Å². The molecule has 2 atom stereocenters. The van der Waals surface area contributed by atoms with E-state index < -0.39 is 5.82 Å². The Morgan fingerprint density at radius 1 is 0.938 bits per heavy atom. The van der Waals surface area contributed by atoms with Crippen molar-refractivity contribution in [2.24, 2.45) is 5.92 Å². The Kier molecular flexibility index (Phi) is 7.73. The molecule has 0 radical (unpaired) electrons. The monoisotopic (exact) mass is 443 g/mol. The lowest BCUT2D eigenvalue weighted by Gasteiger charge is -2.21. The van der Waals surface area contributed by atoms with Gasteiger partial charge in [0.25, 0.3) is 0 Å². The predicted molar refractivity (Wildman–Crippen MR) is 123 cm³/mol. The number of halogens is 1. The highest BCUT2D eigenvalue weighted by Gasteiger charge is 2.31. The predicted octanol–water partition coefficient (Wildman–Crippen LogP) is 5.43. The molecule has 0 aliphatic heterocycles. The van der Waals surface area contributed by atoms with Crippen molar-refractivity contribution in [1.29, 1.82) is 0 Å². The number of nitrogens with one attached hydrogen (secondary N) is 2. The fourth-order valence-electron chi connectivity index (χ4n) is 4.95. The molecule has 2 saturated carbocycles. The van der Waals surface area contributed by atoms with E-state index in [1.165, 1.54) is 38.9 Å². The number of methoxy groups -OCH3 is 2. The molecule has 2 aliphatic carbocycles. The Balaban J connectivity index is 1.61. The van der Waals surface area contributed by atoms with E-state index in [9.17, 15) is 4.39 Å². The molecule has 2 aromatic rings. The molecule has 0 saturated heterocycles. The van der Waals surface area contributed by atoms with Gasteiger partial charge in [0.2, 0.25) is 11.9 Å². The van der Waals surface area contributed by atoms with Crippen LogP contribution in [-0.2, 0) is 4.74 Å². The molecule has 4 rings (SSSR count). The maximum atomic E-state index is 14.2. The normalized spacial score (nSPS) is 21.8. The van der Waals surface area contributed by atoms with Gasteiger partial charge in [-0.25, -0.2) is 4.39 Å². The molecule has 1 heterocycles. The zero-order valence-corrected chi connectivity index (χ0v) is 19.1. The minimum atomic E-state index is -0.431. The van der Waals surface area contributed by atoms with Crippen LogP contribution in [0.4, 0.5) is 22.0 Å². The highest BCUT2D eigenvalue weighted by Crippen LogP contribution is 2.39. The molecule has 2 N–H and O–H groups in total. The van der Waals surface area contributed by atoms with Crippen LogP contribution in [0.3, 0.4) is 0 Å². The van der Waals surface area contributed by atoms with Crippen LogP contribution >= 0.6 is 0 Å². The molecule has 0 spiro atoms. The van der Waals surface area contributed by atoms with Crippen LogP contribution < -0.4 is 15.4 Å². The first kappa shape index (κ1) is 22.7. The summed E-state index contributed by atoms with van der Waals surface area (Å²) in [6.45, 7) is 0.703. The number of nitrogens with zero attached hydrogens (tertiary/aromatic N) is 3. The van der Waals surface area contributed by atoms with E-state index in [0.717, 1.165) is 37.9 Å². The van der Waals surface area contributed by atoms with E-state index in [2.05, 4.69) is 15.6 Å². The van der Waals surface area contributed by atoms with Crippen molar-refractivity contribution in [3.63, 3.8) is 0 Å². The maximum absolute atomic E-state index is 14.2. The number of ether oxygens (including phenoxy) is 2. The first-order valence-electron chi connectivity index (χ1n) is 11.8. The second kappa shape index (κ2) is 10.9. The lowest BCUT2D eigenvalue weighted by Crippen LogP contribution is -2.22. The smallest absolute Gasteiger partial charge is 0.232 e. The number of hydrogen-bond donors (Lipinski definition) is 2. The van der Waals surface area contributed by atoms with Crippen molar-refractivity contribution in [2.75, 3.05) is 31.5 Å². The average molecular weight is 444 g/mol. The minimum absolute atomic E-state index is 0.205. The minimum Gasteiger partial charge on any atom is -0.494 e. The van der Waals surface area contributed by atoms with Crippen molar-refractivity contribution in [3.8, 4) is 5.75 Å². The van der Waals surface area contributed by atoms with Crippen LogP contribution in [-0.4, -0.2) is 41.8 Å². The van der Waals surface area contributed by atoms with E-state index in [4.69, 9.17) is 19.4 Å². The number of anilines is 3. The van der Waals surface area contributed by atoms with Crippen LogP contribution in [0.5, 0.6) is 5.75 Å². The molecule has 2 fully saturated rings. The van der Waals surface area contributed by atoms with Gasteiger partial charge in [-0.2, -0.15) is 15.0 Å². The molecular weight excluding hydrogens is 409 g/mol. The Morgan fingerprint density at radius 2 is 1.72 bits per heavy atom. The molecule has 2 unspecified atom stereocenters.